The van der Waals surface area contributed by atoms with Crippen LogP contribution in [0.3, 0.4) is 0 Å². The molecule has 1 amide bonds. The summed E-state index contributed by atoms with van der Waals surface area (Å²) in [5.74, 6) is 0.332. The number of hydrogen-bond donors (Lipinski definition) is 2. The normalized spacial score (nSPS) is 10.3. The van der Waals surface area contributed by atoms with Crippen LogP contribution in [0.5, 0.6) is 0 Å². The molecule has 2 aromatic carbocycles. The number of nitrogens with one attached hydrogen (secondary N) is 2. The fraction of sp³-hybridized carbons (Fsp3) is 0.100. The van der Waals surface area contributed by atoms with Crippen molar-refractivity contribution in [3.8, 4) is 0 Å². The molecule has 3 rings (SSSR count). The number of pyridine rings is 1. The van der Waals surface area contributed by atoms with E-state index < -0.39 is 0 Å². The summed E-state index contributed by atoms with van der Waals surface area (Å²) in [5, 5.41) is 6.78. The maximum absolute atomic E-state index is 12.2. The fourth-order valence-electron chi connectivity index (χ4n) is 2.30. The monoisotopic (exact) mass is 351 g/mol. The van der Waals surface area contributed by atoms with E-state index in [9.17, 15) is 4.79 Å². The quantitative estimate of drug-likeness (QED) is 0.686. The molecule has 0 atom stereocenters. The number of nitrogens with zero attached hydrogens (tertiary/aromatic N) is 1. The van der Waals surface area contributed by atoms with E-state index in [2.05, 4.69) is 15.6 Å². The fourth-order valence-corrected chi connectivity index (χ4v) is 2.51. The van der Waals surface area contributed by atoms with Gasteiger partial charge in [-0.1, -0.05) is 47.5 Å². The Hall–Kier alpha value is -2.85. The molecule has 4 nitrogen and oxygen atoms in total. The Morgan fingerprint density at radius 3 is 2.48 bits per heavy atom. The molecule has 0 aliphatic carbocycles. The van der Waals surface area contributed by atoms with E-state index in [-0.39, 0.29) is 5.91 Å². The minimum Gasteiger partial charge on any atom is -0.380 e. The van der Waals surface area contributed by atoms with Crippen molar-refractivity contribution in [3.05, 3.63) is 88.6 Å². The highest BCUT2D eigenvalue weighted by molar-refractivity contribution is 6.31. The second-order valence-electron chi connectivity index (χ2n) is 5.70. The van der Waals surface area contributed by atoms with Crippen molar-refractivity contribution >= 4 is 29.0 Å². The molecule has 2 N–H and O–H groups in total. The van der Waals surface area contributed by atoms with E-state index >= 15 is 0 Å². The number of anilines is 2. The third kappa shape index (κ3) is 4.58. The minimum atomic E-state index is -0.177. The summed E-state index contributed by atoms with van der Waals surface area (Å²) in [6.07, 6.45) is 1.68. The molecule has 1 heterocycles. The Kier molecular flexibility index (Phi) is 5.31. The van der Waals surface area contributed by atoms with Crippen LogP contribution >= 0.6 is 11.6 Å². The lowest BCUT2D eigenvalue weighted by molar-refractivity contribution is 0.102. The van der Waals surface area contributed by atoms with Crippen LogP contribution in [0.2, 0.25) is 5.02 Å². The number of aromatic nitrogens is 1. The summed E-state index contributed by atoms with van der Waals surface area (Å²) in [6, 6.07) is 18.7. The predicted molar refractivity (Wildman–Crippen MR) is 102 cm³/mol. The number of amides is 1. The van der Waals surface area contributed by atoms with Gasteiger partial charge in [0, 0.05) is 17.1 Å². The van der Waals surface area contributed by atoms with Crippen LogP contribution in [0.15, 0.2) is 66.9 Å². The summed E-state index contributed by atoms with van der Waals surface area (Å²) in [6.45, 7) is 2.59. The number of carbonyl (C=O) groups is 1. The van der Waals surface area contributed by atoms with Crippen molar-refractivity contribution in [2.24, 2.45) is 0 Å². The molecule has 25 heavy (non-hydrogen) atoms. The van der Waals surface area contributed by atoms with E-state index in [1.165, 1.54) is 0 Å². The first-order valence-electron chi connectivity index (χ1n) is 7.93. The van der Waals surface area contributed by atoms with Gasteiger partial charge in [0.25, 0.3) is 5.91 Å². The lowest BCUT2D eigenvalue weighted by Gasteiger charge is -2.09. The summed E-state index contributed by atoms with van der Waals surface area (Å²) < 4.78 is 0. The SMILES string of the molecule is Cc1ccc(C(=O)Nc2ccc(NCc3ccccc3Cl)cn2)cc1. The van der Waals surface area contributed by atoms with Gasteiger partial charge in [0.15, 0.2) is 0 Å². The average molecular weight is 352 g/mol. The molecular weight excluding hydrogens is 334 g/mol. The number of carbonyl (C=O) groups excluding carboxylic acids is 1. The molecule has 5 heteroatoms. The molecule has 0 aliphatic heterocycles. The van der Waals surface area contributed by atoms with Crippen molar-refractivity contribution in [2.45, 2.75) is 13.5 Å². The molecule has 0 fully saturated rings. The van der Waals surface area contributed by atoms with Crippen molar-refractivity contribution in [2.75, 3.05) is 10.6 Å². The first-order valence-corrected chi connectivity index (χ1v) is 8.31. The van der Waals surface area contributed by atoms with Gasteiger partial charge in [-0.2, -0.15) is 0 Å². The maximum atomic E-state index is 12.2. The van der Waals surface area contributed by atoms with Gasteiger partial charge < -0.3 is 10.6 Å². The van der Waals surface area contributed by atoms with E-state index in [4.69, 9.17) is 11.6 Å². The van der Waals surface area contributed by atoms with Gasteiger partial charge in [-0.15, -0.1) is 0 Å². The van der Waals surface area contributed by atoms with Crippen LogP contribution in [0.4, 0.5) is 11.5 Å². The number of rotatable bonds is 5. The van der Waals surface area contributed by atoms with Crippen LogP contribution < -0.4 is 10.6 Å². The lowest BCUT2D eigenvalue weighted by Crippen LogP contribution is -2.12. The molecule has 0 saturated carbocycles. The van der Waals surface area contributed by atoms with E-state index in [0.717, 1.165) is 21.8 Å². The second-order valence-corrected chi connectivity index (χ2v) is 6.10. The molecule has 126 valence electrons. The molecule has 0 spiro atoms. The maximum Gasteiger partial charge on any atom is 0.256 e. The summed E-state index contributed by atoms with van der Waals surface area (Å²) >= 11 is 6.14. The van der Waals surface area contributed by atoms with Crippen LogP contribution in [0, 0.1) is 6.92 Å². The highest BCUT2D eigenvalue weighted by atomic mass is 35.5. The number of benzene rings is 2. The highest BCUT2D eigenvalue weighted by Crippen LogP contribution is 2.17. The van der Waals surface area contributed by atoms with E-state index in [1.807, 2.05) is 49.4 Å². The number of aryl methyl sites for hydroxylation is 1. The smallest absolute Gasteiger partial charge is 0.256 e. The number of hydrogen-bond acceptors (Lipinski definition) is 3. The lowest BCUT2D eigenvalue weighted by atomic mass is 10.1. The average Bonchev–Trinajstić information content (AvgIpc) is 2.63. The highest BCUT2D eigenvalue weighted by Gasteiger charge is 2.06. The summed E-state index contributed by atoms with van der Waals surface area (Å²) in [7, 11) is 0. The molecule has 1 aromatic heterocycles. The molecule has 0 unspecified atom stereocenters. The Morgan fingerprint density at radius 1 is 1.04 bits per heavy atom. The van der Waals surface area contributed by atoms with Crippen LogP contribution in [0.1, 0.15) is 21.5 Å². The van der Waals surface area contributed by atoms with Gasteiger partial charge in [0.05, 0.1) is 11.9 Å². The zero-order valence-electron chi connectivity index (χ0n) is 13.8. The first kappa shape index (κ1) is 17.0. The number of halogens is 1. The van der Waals surface area contributed by atoms with Gasteiger partial charge >= 0.3 is 0 Å². The predicted octanol–water partition coefficient (Wildman–Crippen LogP) is 4.91. The molecule has 3 aromatic rings. The third-order valence-electron chi connectivity index (χ3n) is 3.76. The largest absolute Gasteiger partial charge is 0.380 e. The van der Waals surface area contributed by atoms with Crippen LogP contribution in [-0.2, 0) is 6.54 Å². The minimum absolute atomic E-state index is 0.177. The van der Waals surface area contributed by atoms with Crippen molar-refractivity contribution in [3.63, 3.8) is 0 Å². The Morgan fingerprint density at radius 2 is 1.80 bits per heavy atom. The molecule has 0 bridgehead atoms. The van der Waals surface area contributed by atoms with E-state index in [0.29, 0.717) is 17.9 Å². The Balaban J connectivity index is 1.59. The topological polar surface area (TPSA) is 54.0 Å². The standard InChI is InChI=1S/C20H18ClN3O/c1-14-6-8-15(9-7-14)20(25)24-19-11-10-17(13-23-19)22-12-16-4-2-3-5-18(16)21/h2-11,13,22H,12H2,1H3,(H,23,24,25). The van der Waals surface area contributed by atoms with Crippen molar-refractivity contribution in [1.29, 1.82) is 0 Å². The first-order chi connectivity index (χ1) is 12.1. The second kappa shape index (κ2) is 7.81. The van der Waals surface area contributed by atoms with Gasteiger partial charge in [0.2, 0.25) is 0 Å². The van der Waals surface area contributed by atoms with Gasteiger partial charge in [-0.05, 0) is 42.8 Å². The molecule has 0 radical (unpaired) electrons. The molecular formula is C20H18ClN3O. The summed E-state index contributed by atoms with van der Waals surface area (Å²) in [5.41, 5.74) is 3.59. The zero-order valence-corrected chi connectivity index (χ0v) is 14.5. The van der Waals surface area contributed by atoms with Crippen LogP contribution in [0.25, 0.3) is 0 Å². The van der Waals surface area contributed by atoms with Crippen LogP contribution in [-0.4, -0.2) is 10.9 Å². The van der Waals surface area contributed by atoms with Gasteiger partial charge in [-0.3, -0.25) is 4.79 Å². The summed E-state index contributed by atoms with van der Waals surface area (Å²) in [4.78, 5) is 16.4. The van der Waals surface area contributed by atoms with Crippen molar-refractivity contribution in [1.82, 2.24) is 4.98 Å². The van der Waals surface area contributed by atoms with Gasteiger partial charge in [0.1, 0.15) is 5.82 Å². The molecule has 0 aliphatic rings. The Labute approximate surface area is 151 Å². The zero-order chi connectivity index (χ0) is 17.6. The van der Waals surface area contributed by atoms with E-state index in [1.54, 1.807) is 24.4 Å². The molecule has 0 saturated heterocycles. The Bertz CT molecular complexity index is 861. The third-order valence-corrected chi connectivity index (χ3v) is 4.13. The van der Waals surface area contributed by atoms with Gasteiger partial charge in [-0.25, -0.2) is 4.98 Å². The van der Waals surface area contributed by atoms with Crippen molar-refractivity contribution < 1.29 is 4.79 Å².